The molecule has 0 fully saturated rings. The molecular formula is C32H28Si. The van der Waals surface area contributed by atoms with Gasteiger partial charge in [0.25, 0.3) is 0 Å². The zero-order valence-electron chi connectivity index (χ0n) is 19.3. The van der Waals surface area contributed by atoms with Crippen LogP contribution in [0.4, 0.5) is 0 Å². The highest BCUT2D eigenvalue weighted by Gasteiger charge is 2.41. The number of allylic oxidation sites excluding steroid dienone is 2. The molecule has 0 radical (unpaired) electrons. The highest BCUT2D eigenvalue weighted by molar-refractivity contribution is 6.92. The zero-order chi connectivity index (χ0) is 22.4. The fraction of sp³-hybridized carbons (Fsp3) is 0.125. The van der Waals surface area contributed by atoms with Crippen molar-refractivity contribution in [3.05, 3.63) is 153 Å². The predicted molar refractivity (Wildman–Crippen MR) is 143 cm³/mol. The Morgan fingerprint density at radius 1 is 0.455 bits per heavy atom. The maximum absolute atomic E-state index is 2.58. The van der Waals surface area contributed by atoms with Crippen LogP contribution in [-0.4, -0.2) is 8.07 Å². The molecule has 6 rings (SSSR count). The number of fused-ring (bicyclic) bond motifs is 2. The summed E-state index contributed by atoms with van der Waals surface area (Å²) in [6, 6.07) is 40.2. The molecule has 0 saturated heterocycles. The highest BCUT2D eigenvalue weighted by atomic mass is 28.3. The molecule has 0 heterocycles. The third-order valence-electron chi connectivity index (χ3n) is 7.55. The second-order valence-electron chi connectivity index (χ2n) is 9.73. The quantitative estimate of drug-likeness (QED) is 0.283. The third kappa shape index (κ3) is 3.27. The van der Waals surface area contributed by atoms with Gasteiger partial charge < -0.3 is 0 Å². The van der Waals surface area contributed by atoms with Crippen LogP contribution in [0.15, 0.2) is 120 Å². The summed E-state index contributed by atoms with van der Waals surface area (Å²) in [5.74, 6) is 0. The summed E-state index contributed by atoms with van der Waals surface area (Å²) in [5, 5.41) is 3.34. The molecule has 0 amide bonds. The van der Waals surface area contributed by atoms with Crippen LogP contribution in [0.5, 0.6) is 0 Å². The summed E-state index contributed by atoms with van der Waals surface area (Å²) < 4.78 is 0. The van der Waals surface area contributed by atoms with Crippen LogP contribution < -0.4 is 0 Å². The summed E-state index contributed by atoms with van der Waals surface area (Å²) in [6.45, 7) is 5.17. The summed E-state index contributed by atoms with van der Waals surface area (Å²) in [5.41, 5.74) is 11.5. The van der Waals surface area contributed by atoms with Gasteiger partial charge in [-0.1, -0.05) is 133 Å². The van der Waals surface area contributed by atoms with Crippen LogP contribution >= 0.6 is 0 Å². The molecule has 0 bridgehead atoms. The molecule has 160 valence electrons. The van der Waals surface area contributed by atoms with Gasteiger partial charge in [0.1, 0.15) is 8.07 Å². The van der Waals surface area contributed by atoms with Gasteiger partial charge in [-0.05, 0) is 57.4 Å². The number of hydrogen-bond acceptors (Lipinski definition) is 0. The molecule has 2 aliphatic carbocycles. The summed E-state index contributed by atoms with van der Waals surface area (Å²) >= 11 is 0. The molecule has 0 nitrogen and oxygen atoms in total. The fourth-order valence-corrected chi connectivity index (χ4v) is 9.27. The van der Waals surface area contributed by atoms with Crippen molar-refractivity contribution in [1.82, 2.24) is 0 Å². The van der Waals surface area contributed by atoms with E-state index >= 15 is 0 Å². The monoisotopic (exact) mass is 440 g/mol. The van der Waals surface area contributed by atoms with Crippen molar-refractivity contribution in [1.29, 1.82) is 0 Å². The van der Waals surface area contributed by atoms with E-state index in [2.05, 4.69) is 122 Å². The first kappa shape index (κ1) is 20.2. The average Bonchev–Trinajstić information content (AvgIpc) is 3.45. The zero-order valence-corrected chi connectivity index (χ0v) is 20.3. The Labute approximate surface area is 198 Å². The maximum Gasteiger partial charge on any atom is 0.105 e. The Balaban J connectivity index is 1.60. The second kappa shape index (κ2) is 7.86. The maximum atomic E-state index is 2.58. The summed E-state index contributed by atoms with van der Waals surface area (Å²) in [7, 11) is -1.97. The Bertz CT molecular complexity index is 1300. The van der Waals surface area contributed by atoms with Crippen LogP contribution in [0.25, 0.3) is 11.1 Å². The SMILES string of the molecule is C[Si](C)(C1=C(c2ccccc2)c2ccccc2C1)C1=C(c2ccccc2)c2ccccc2C1. The van der Waals surface area contributed by atoms with Gasteiger partial charge in [0, 0.05) is 0 Å². The molecule has 0 unspecified atom stereocenters. The van der Waals surface area contributed by atoms with Crippen molar-refractivity contribution in [2.75, 3.05) is 0 Å². The van der Waals surface area contributed by atoms with Crippen LogP contribution in [0.1, 0.15) is 33.4 Å². The van der Waals surface area contributed by atoms with Crippen LogP contribution in [0.3, 0.4) is 0 Å². The van der Waals surface area contributed by atoms with E-state index in [1.165, 1.54) is 44.5 Å². The average molecular weight is 441 g/mol. The molecule has 0 atom stereocenters. The van der Waals surface area contributed by atoms with Crippen molar-refractivity contribution < 1.29 is 0 Å². The molecule has 33 heavy (non-hydrogen) atoms. The van der Waals surface area contributed by atoms with E-state index in [0.29, 0.717) is 0 Å². The fourth-order valence-electron chi connectivity index (χ4n) is 5.84. The van der Waals surface area contributed by atoms with Crippen LogP contribution in [0, 0.1) is 0 Å². The number of rotatable bonds is 4. The lowest BCUT2D eigenvalue weighted by Crippen LogP contribution is -2.34. The number of hydrogen-bond donors (Lipinski definition) is 0. The topological polar surface area (TPSA) is 0 Å². The largest absolute Gasteiger partial charge is 0.105 e. The van der Waals surface area contributed by atoms with Crippen molar-refractivity contribution in [2.24, 2.45) is 0 Å². The van der Waals surface area contributed by atoms with Crippen LogP contribution in [-0.2, 0) is 12.8 Å². The van der Waals surface area contributed by atoms with E-state index in [-0.39, 0.29) is 0 Å². The Morgan fingerprint density at radius 3 is 1.24 bits per heavy atom. The molecule has 0 aromatic heterocycles. The molecule has 2 aliphatic rings. The lowest BCUT2D eigenvalue weighted by molar-refractivity contribution is 1.22. The Morgan fingerprint density at radius 2 is 0.818 bits per heavy atom. The van der Waals surface area contributed by atoms with Crippen LogP contribution in [0.2, 0.25) is 13.1 Å². The summed E-state index contributed by atoms with van der Waals surface area (Å²) in [4.78, 5) is 0. The van der Waals surface area contributed by atoms with Gasteiger partial charge in [0.05, 0.1) is 0 Å². The normalized spacial score (nSPS) is 15.1. The standard InChI is InChI=1S/C32H28Si/c1-33(2,29-21-25-17-9-11-19-27(25)31(29)23-13-5-3-6-14-23)30-22-26-18-10-12-20-28(26)32(30)24-15-7-4-8-16-24/h3-20H,21-22H2,1-2H3. The van der Waals surface area contributed by atoms with E-state index in [4.69, 9.17) is 0 Å². The van der Waals surface area contributed by atoms with Gasteiger partial charge in [0.2, 0.25) is 0 Å². The molecule has 1 heteroatoms. The molecule has 0 saturated carbocycles. The van der Waals surface area contributed by atoms with E-state index in [1.807, 2.05) is 0 Å². The van der Waals surface area contributed by atoms with E-state index in [1.54, 1.807) is 10.4 Å². The van der Waals surface area contributed by atoms with E-state index < -0.39 is 8.07 Å². The molecule has 0 aliphatic heterocycles. The first-order chi connectivity index (χ1) is 16.1. The molecule has 0 N–H and O–H groups in total. The number of benzene rings is 4. The van der Waals surface area contributed by atoms with Gasteiger partial charge in [0.15, 0.2) is 0 Å². The predicted octanol–water partition coefficient (Wildman–Crippen LogP) is 7.89. The minimum absolute atomic E-state index is 1.07. The van der Waals surface area contributed by atoms with E-state index in [0.717, 1.165) is 12.8 Å². The molecule has 4 aromatic carbocycles. The molecular weight excluding hydrogens is 412 g/mol. The second-order valence-corrected chi connectivity index (χ2v) is 14.2. The lowest BCUT2D eigenvalue weighted by atomic mass is 9.99. The Kier molecular flexibility index (Phi) is 4.81. The van der Waals surface area contributed by atoms with E-state index in [9.17, 15) is 0 Å². The van der Waals surface area contributed by atoms with Gasteiger partial charge in [-0.25, -0.2) is 0 Å². The molecule has 4 aromatic rings. The van der Waals surface area contributed by atoms with Crippen molar-refractivity contribution in [3.63, 3.8) is 0 Å². The van der Waals surface area contributed by atoms with Crippen molar-refractivity contribution in [2.45, 2.75) is 25.9 Å². The minimum atomic E-state index is -1.97. The van der Waals surface area contributed by atoms with Gasteiger partial charge in [-0.15, -0.1) is 0 Å². The highest BCUT2D eigenvalue weighted by Crippen LogP contribution is 2.48. The smallest absolute Gasteiger partial charge is 0.0638 e. The minimum Gasteiger partial charge on any atom is -0.0638 e. The Hall–Kier alpha value is -3.42. The summed E-state index contributed by atoms with van der Waals surface area (Å²) in [6.07, 6.45) is 2.14. The van der Waals surface area contributed by atoms with Crippen molar-refractivity contribution >= 4 is 19.2 Å². The first-order valence-corrected chi connectivity index (χ1v) is 14.9. The molecule has 0 spiro atoms. The van der Waals surface area contributed by atoms with Gasteiger partial charge in [-0.2, -0.15) is 0 Å². The van der Waals surface area contributed by atoms with Gasteiger partial charge in [-0.3, -0.25) is 0 Å². The first-order valence-electron chi connectivity index (χ1n) is 11.9. The lowest BCUT2D eigenvalue weighted by Gasteiger charge is -2.30. The van der Waals surface area contributed by atoms with Gasteiger partial charge >= 0.3 is 0 Å². The third-order valence-corrected chi connectivity index (χ3v) is 11.4. The van der Waals surface area contributed by atoms with Crippen molar-refractivity contribution in [3.8, 4) is 0 Å².